The van der Waals surface area contributed by atoms with E-state index in [1.807, 2.05) is 18.2 Å². The quantitative estimate of drug-likeness (QED) is 0.921. The lowest BCUT2D eigenvalue weighted by Gasteiger charge is -2.27. The Morgan fingerprint density at radius 3 is 2.62 bits per heavy atom. The molecule has 1 saturated heterocycles. The summed E-state index contributed by atoms with van der Waals surface area (Å²) in [6.45, 7) is 0.507. The van der Waals surface area contributed by atoms with Crippen molar-refractivity contribution in [2.24, 2.45) is 0 Å². The summed E-state index contributed by atoms with van der Waals surface area (Å²) in [5.41, 5.74) is 2.39. The van der Waals surface area contributed by atoms with Crippen LogP contribution < -0.4 is 4.90 Å². The van der Waals surface area contributed by atoms with Crippen LogP contribution in [0.3, 0.4) is 0 Å². The molecule has 0 unspecified atom stereocenters. The van der Waals surface area contributed by atoms with E-state index in [1.165, 1.54) is 12.1 Å². The van der Waals surface area contributed by atoms with Gasteiger partial charge in [0.1, 0.15) is 5.82 Å². The maximum absolute atomic E-state index is 13.4. The summed E-state index contributed by atoms with van der Waals surface area (Å²) in [5.74, 6) is -0.270. The highest BCUT2D eigenvalue weighted by molar-refractivity contribution is 5.53. The largest absolute Gasteiger partial charge is 0.391 e. The highest BCUT2D eigenvalue weighted by atomic mass is 19.1. The molecule has 0 amide bonds. The average molecular weight is 282 g/mol. The number of anilines is 1. The van der Waals surface area contributed by atoms with E-state index >= 15 is 0 Å². The second-order valence-corrected chi connectivity index (χ2v) is 5.27. The third-order valence-electron chi connectivity index (χ3n) is 3.84. The van der Waals surface area contributed by atoms with Crippen LogP contribution >= 0.6 is 0 Å². The molecule has 0 aliphatic carbocycles. The normalized spacial score (nSPS) is 21.3. The SMILES string of the molecule is N#Cc1ccc(N2C[C@H](O)C[C@@H]2c2cccc(F)c2)cc1. The molecule has 1 aliphatic rings. The molecule has 0 radical (unpaired) electrons. The van der Waals surface area contributed by atoms with E-state index in [2.05, 4.69) is 11.0 Å². The molecule has 3 nitrogen and oxygen atoms in total. The van der Waals surface area contributed by atoms with E-state index in [4.69, 9.17) is 5.26 Å². The summed E-state index contributed by atoms with van der Waals surface area (Å²) in [5, 5.41) is 18.8. The fourth-order valence-electron chi connectivity index (χ4n) is 2.86. The van der Waals surface area contributed by atoms with Crippen molar-refractivity contribution < 1.29 is 9.50 Å². The number of β-amino-alcohol motifs (C(OH)–C–C–N with tert-alkyl or cyclic N) is 1. The Labute approximate surface area is 122 Å². The maximum atomic E-state index is 13.4. The molecule has 4 heteroatoms. The van der Waals surface area contributed by atoms with E-state index in [-0.39, 0.29) is 11.9 Å². The van der Waals surface area contributed by atoms with Crippen molar-refractivity contribution in [2.45, 2.75) is 18.6 Å². The number of nitriles is 1. The van der Waals surface area contributed by atoms with Gasteiger partial charge in [-0.1, -0.05) is 12.1 Å². The Morgan fingerprint density at radius 2 is 1.95 bits per heavy atom. The molecular weight excluding hydrogens is 267 g/mol. The first-order valence-corrected chi connectivity index (χ1v) is 6.87. The van der Waals surface area contributed by atoms with Crippen LogP contribution in [0, 0.1) is 17.1 Å². The standard InChI is InChI=1S/C17H15FN2O/c18-14-3-1-2-13(8-14)17-9-16(21)11-20(17)15-6-4-12(10-19)5-7-15/h1-8,16-17,21H,9,11H2/t16-,17-/m1/s1. The van der Waals surface area contributed by atoms with Crippen LogP contribution in [0.1, 0.15) is 23.6 Å². The van der Waals surface area contributed by atoms with Gasteiger partial charge in [-0.3, -0.25) is 0 Å². The fraction of sp³-hybridized carbons (Fsp3) is 0.235. The predicted octanol–water partition coefficient (Wildman–Crippen LogP) is 3.01. The minimum atomic E-state index is -0.436. The van der Waals surface area contributed by atoms with E-state index in [0.29, 0.717) is 18.5 Å². The number of nitrogens with zero attached hydrogens (tertiary/aromatic N) is 2. The number of benzene rings is 2. The number of halogens is 1. The molecule has 1 fully saturated rings. The lowest BCUT2D eigenvalue weighted by molar-refractivity contribution is 0.194. The zero-order valence-electron chi connectivity index (χ0n) is 11.4. The van der Waals surface area contributed by atoms with E-state index in [1.54, 1.807) is 18.2 Å². The molecule has 21 heavy (non-hydrogen) atoms. The van der Waals surface area contributed by atoms with Gasteiger partial charge in [-0.05, 0) is 48.4 Å². The Balaban J connectivity index is 1.93. The molecule has 0 bridgehead atoms. The average Bonchev–Trinajstić information content (AvgIpc) is 2.89. The topological polar surface area (TPSA) is 47.3 Å². The van der Waals surface area contributed by atoms with Crippen molar-refractivity contribution in [1.29, 1.82) is 5.26 Å². The van der Waals surface area contributed by atoms with Gasteiger partial charge in [0.2, 0.25) is 0 Å². The van der Waals surface area contributed by atoms with Crippen LogP contribution in [0.2, 0.25) is 0 Å². The van der Waals surface area contributed by atoms with Crippen LogP contribution in [-0.4, -0.2) is 17.8 Å². The zero-order chi connectivity index (χ0) is 14.8. The van der Waals surface area contributed by atoms with Crippen molar-refractivity contribution in [1.82, 2.24) is 0 Å². The third-order valence-corrected chi connectivity index (χ3v) is 3.84. The summed E-state index contributed by atoms with van der Waals surface area (Å²) in [6, 6.07) is 15.8. The van der Waals surface area contributed by atoms with Gasteiger partial charge in [-0.15, -0.1) is 0 Å². The van der Waals surface area contributed by atoms with Gasteiger partial charge in [-0.25, -0.2) is 4.39 Å². The van der Waals surface area contributed by atoms with Gasteiger partial charge in [0.25, 0.3) is 0 Å². The Bertz CT molecular complexity index is 678. The molecule has 1 aliphatic heterocycles. The molecule has 106 valence electrons. The Hall–Kier alpha value is -2.38. The third kappa shape index (κ3) is 2.74. The van der Waals surface area contributed by atoms with Gasteiger partial charge in [-0.2, -0.15) is 5.26 Å². The molecule has 2 atom stereocenters. The molecule has 2 aromatic rings. The zero-order valence-corrected chi connectivity index (χ0v) is 11.4. The number of rotatable bonds is 2. The highest BCUT2D eigenvalue weighted by Gasteiger charge is 2.32. The van der Waals surface area contributed by atoms with Crippen molar-refractivity contribution in [3.05, 3.63) is 65.5 Å². The minimum Gasteiger partial charge on any atom is -0.391 e. The summed E-state index contributed by atoms with van der Waals surface area (Å²) in [4.78, 5) is 2.06. The number of hydrogen-bond donors (Lipinski definition) is 1. The Morgan fingerprint density at radius 1 is 1.19 bits per heavy atom. The maximum Gasteiger partial charge on any atom is 0.123 e. The lowest BCUT2D eigenvalue weighted by Crippen LogP contribution is -2.24. The molecule has 3 rings (SSSR count). The minimum absolute atomic E-state index is 0.0522. The van der Waals surface area contributed by atoms with Gasteiger partial charge in [0.05, 0.1) is 23.8 Å². The first-order chi connectivity index (χ1) is 10.2. The van der Waals surface area contributed by atoms with Crippen molar-refractivity contribution in [3.8, 4) is 6.07 Å². The van der Waals surface area contributed by atoms with Gasteiger partial charge in [0.15, 0.2) is 0 Å². The molecule has 0 spiro atoms. The number of aliphatic hydroxyl groups is 1. The first kappa shape index (κ1) is 13.6. The molecular formula is C17H15FN2O. The highest BCUT2D eigenvalue weighted by Crippen LogP contribution is 2.36. The van der Waals surface area contributed by atoms with Crippen LogP contribution in [0.5, 0.6) is 0 Å². The number of hydrogen-bond acceptors (Lipinski definition) is 3. The second-order valence-electron chi connectivity index (χ2n) is 5.27. The monoisotopic (exact) mass is 282 g/mol. The van der Waals surface area contributed by atoms with E-state index in [9.17, 15) is 9.50 Å². The van der Waals surface area contributed by atoms with Crippen molar-refractivity contribution >= 4 is 5.69 Å². The van der Waals surface area contributed by atoms with Gasteiger partial charge >= 0.3 is 0 Å². The van der Waals surface area contributed by atoms with E-state index in [0.717, 1.165) is 11.3 Å². The molecule has 1 heterocycles. The fourth-order valence-corrected chi connectivity index (χ4v) is 2.86. The Kier molecular flexibility index (Phi) is 3.59. The summed E-state index contributed by atoms with van der Waals surface area (Å²) in [6.07, 6.45) is 0.137. The molecule has 2 aromatic carbocycles. The van der Waals surface area contributed by atoms with Crippen molar-refractivity contribution in [2.75, 3.05) is 11.4 Å². The van der Waals surface area contributed by atoms with Gasteiger partial charge in [0, 0.05) is 12.2 Å². The smallest absolute Gasteiger partial charge is 0.123 e. The molecule has 1 N–H and O–H groups in total. The summed E-state index contributed by atoms with van der Waals surface area (Å²) in [7, 11) is 0. The predicted molar refractivity (Wildman–Crippen MR) is 78.3 cm³/mol. The summed E-state index contributed by atoms with van der Waals surface area (Å²) < 4.78 is 13.4. The van der Waals surface area contributed by atoms with Gasteiger partial charge < -0.3 is 10.0 Å². The first-order valence-electron chi connectivity index (χ1n) is 6.87. The lowest BCUT2D eigenvalue weighted by atomic mass is 10.0. The summed E-state index contributed by atoms with van der Waals surface area (Å²) >= 11 is 0. The van der Waals surface area contributed by atoms with Crippen LogP contribution in [-0.2, 0) is 0 Å². The van der Waals surface area contributed by atoms with E-state index < -0.39 is 6.10 Å². The van der Waals surface area contributed by atoms with Crippen molar-refractivity contribution in [3.63, 3.8) is 0 Å². The van der Waals surface area contributed by atoms with Crippen LogP contribution in [0.15, 0.2) is 48.5 Å². The van der Waals surface area contributed by atoms with Crippen LogP contribution in [0.25, 0.3) is 0 Å². The molecule has 0 aromatic heterocycles. The van der Waals surface area contributed by atoms with Crippen LogP contribution in [0.4, 0.5) is 10.1 Å². The second kappa shape index (κ2) is 5.55. The molecule has 0 saturated carbocycles. The number of aliphatic hydroxyl groups excluding tert-OH is 1.